The minimum absolute atomic E-state index is 0. The van der Waals surface area contributed by atoms with Crippen molar-refractivity contribution in [2.24, 2.45) is 23.7 Å². The van der Waals surface area contributed by atoms with Gasteiger partial charge in [0.05, 0.1) is 0 Å². The third-order valence-corrected chi connectivity index (χ3v) is 6.07. The highest BCUT2D eigenvalue weighted by molar-refractivity contribution is 5.86. The second-order valence-electron chi connectivity index (χ2n) is 7.76. The molecule has 0 amide bonds. The predicted molar refractivity (Wildman–Crippen MR) is 89.2 cm³/mol. The lowest BCUT2D eigenvalue weighted by molar-refractivity contribution is -0.770. The van der Waals surface area contributed by atoms with Crippen molar-refractivity contribution in [1.82, 2.24) is 0 Å². The van der Waals surface area contributed by atoms with Gasteiger partial charge in [0, 0.05) is 17.4 Å². The molecular weight excluding hydrogens is 306 g/mol. The lowest BCUT2D eigenvalue weighted by atomic mass is 9.55. The van der Waals surface area contributed by atoms with Crippen LogP contribution in [-0.4, -0.2) is 22.2 Å². The summed E-state index contributed by atoms with van der Waals surface area (Å²) >= 11 is 0. The minimum atomic E-state index is 0. The smallest absolute Gasteiger partial charge is 0.217 e. The second-order valence-corrected chi connectivity index (χ2v) is 7.76. The Balaban J connectivity index is 0.00000156. The summed E-state index contributed by atoms with van der Waals surface area (Å²) in [5.41, 5.74) is 4.71. The highest BCUT2D eigenvalue weighted by Crippen LogP contribution is 2.52. The summed E-state index contributed by atoms with van der Waals surface area (Å²) in [6, 6.07) is 8.43. The average molecular weight is 332 g/mol. The monoisotopic (exact) mass is 331 g/mol. The SMILES string of the molecule is C=C(C[N+](O)=C1C2CC3CC(C2)CC1C3)c1ccc(C)cc1.[Cl-]. The molecule has 0 spiro atoms. The molecule has 0 saturated heterocycles. The van der Waals surface area contributed by atoms with Crippen LogP contribution >= 0.6 is 0 Å². The maximum absolute atomic E-state index is 10.7. The van der Waals surface area contributed by atoms with E-state index in [1.54, 1.807) is 4.74 Å². The van der Waals surface area contributed by atoms with Crippen molar-refractivity contribution in [3.8, 4) is 0 Å². The van der Waals surface area contributed by atoms with Crippen LogP contribution in [0.3, 0.4) is 0 Å². The van der Waals surface area contributed by atoms with Crippen LogP contribution in [0.1, 0.15) is 43.2 Å². The van der Waals surface area contributed by atoms with Crippen molar-refractivity contribution in [1.29, 1.82) is 0 Å². The number of nitrogens with zero attached hydrogens (tertiary/aromatic N) is 1. The standard InChI is InChI=1S/C20H26NO.ClH/c1-13-3-5-17(6-4-13)14(2)12-21(22)20-18-8-15-7-16(10-18)11-19(20)9-15;/h3-6,15-16,18-19,22H,2,7-12H2,1H3;1H/q+1;/p-1. The zero-order chi connectivity index (χ0) is 15.3. The molecular formula is C20H26ClNO. The first-order valence-corrected chi connectivity index (χ1v) is 8.68. The van der Waals surface area contributed by atoms with Crippen LogP contribution in [0, 0.1) is 30.6 Å². The van der Waals surface area contributed by atoms with E-state index in [9.17, 15) is 5.21 Å². The minimum Gasteiger partial charge on any atom is -1.00 e. The van der Waals surface area contributed by atoms with E-state index in [4.69, 9.17) is 0 Å². The average Bonchev–Trinajstić information content (AvgIpc) is 2.46. The molecule has 0 heterocycles. The van der Waals surface area contributed by atoms with Crippen LogP contribution in [0.4, 0.5) is 0 Å². The van der Waals surface area contributed by atoms with Crippen molar-refractivity contribution in [3.63, 3.8) is 0 Å². The van der Waals surface area contributed by atoms with Crippen LogP contribution < -0.4 is 12.4 Å². The van der Waals surface area contributed by atoms with Crippen LogP contribution in [-0.2, 0) is 0 Å². The molecule has 0 radical (unpaired) electrons. The zero-order valence-electron chi connectivity index (χ0n) is 13.8. The van der Waals surface area contributed by atoms with Crippen molar-refractivity contribution >= 4 is 11.3 Å². The second kappa shape index (κ2) is 6.32. The Kier molecular flexibility index (Phi) is 4.55. The molecule has 124 valence electrons. The molecule has 1 aromatic carbocycles. The van der Waals surface area contributed by atoms with E-state index in [2.05, 4.69) is 37.8 Å². The first-order chi connectivity index (χ1) is 10.6. The lowest BCUT2D eigenvalue weighted by Gasteiger charge is -2.47. The Bertz CT molecular complexity index is 602. The highest BCUT2D eigenvalue weighted by Gasteiger charge is 2.51. The molecule has 5 rings (SSSR count). The topological polar surface area (TPSA) is 23.2 Å². The van der Waals surface area contributed by atoms with Crippen LogP contribution in [0.5, 0.6) is 0 Å². The van der Waals surface area contributed by atoms with Gasteiger partial charge in [-0.25, -0.2) is 0 Å². The number of hydrogen-bond donors (Lipinski definition) is 1. The fraction of sp³-hybridized carbons (Fsp3) is 0.550. The van der Waals surface area contributed by atoms with Gasteiger partial charge in [-0.05, 0) is 61.2 Å². The quantitative estimate of drug-likeness (QED) is 0.504. The molecule has 1 N–H and O–H groups in total. The van der Waals surface area contributed by atoms with E-state index in [1.807, 2.05) is 0 Å². The molecule has 4 aliphatic rings. The van der Waals surface area contributed by atoms with Crippen molar-refractivity contribution < 1.29 is 22.4 Å². The van der Waals surface area contributed by atoms with Crippen LogP contribution in [0.2, 0.25) is 0 Å². The fourth-order valence-corrected chi connectivity index (χ4v) is 5.24. The van der Waals surface area contributed by atoms with E-state index in [-0.39, 0.29) is 12.4 Å². The number of aryl methyl sites for hydroxylation is 1. The number of benzene rings is 1. The summed E-state index contributed by atoms with van der Waals surface area (Å²) < 4.78 is 1.55. The number of rotatable bonds is 3. The molecule has 4 bridgehead atoms. The molecule has 1 aromatic rings. The van der Waals surface area contributed by atoms with E-state index < -0.39 is 0 Å². The van der Waals surface area contributed by atoms with E-state index in [1.165, 1.54) is 43.4 Å². The van der Waals surface area contributed by atoms with Crippen molar-refractivity contribution in [3.05, 3.63) is 42.0 Å². The molecule has 23 heavy (non-hydrogen) atoms. The van der Waals surface area contributed by atoms with Crippen LogP contribution in [0.15, 0.2) is 30.8 Å². The van der Waals surface area contributed by atoms with Crippen molar-refractivity contribution in [2.75, 3.05) is 6.54 Å². The van der Waals surface area contributed by atoms with E-state index in [0.717, 1.165) is 23.0 Å². The number of hydrogen-bond acceptors (Lipinski definition) is 1. The molecule has 0 aromatic heterocycles. The Hall–Kier alpha value is -1.28. The first kappa shape index (κ1) is 16.6. The van der Waals surface area contributed by atoms with Gasteiger partial charge in [-0.15, -0.1) is 0 Å². The summed E-state index contributed by atoms with van der Waals surface area (Å²) in [7, 11) is 0. The van der Waals surface area contributed by atoms with Gasteiger partial charge in [0.2, 0.25) is 12.3 Å². The summed E-state index contributed by atoms with van der Waals surface area (Å²) in [6.07, 6.45) is 6.65. The molecule has 4 saturated carbocycles. The molecule has 2 nitrogen and oxygen atoms in total. The molecule has 4 fully saturated rings. The lowest BCUT2D eigenvalue weighted by Crippen LogP contribution is -3.00. The third-order valence-electron chi connectivity index (χ3n) is 6.07. The van der Waals surface area contributed by atoms with Gasteiger partial charge in [0.15, 0.2) is 0 Å². The summed E-state index contributed by atoms with van der Waals surface area (Å²) in [5.74, 6) is 3.12. The Morgan fingerprint density at radius 1 is 1.04 bits per heavy atom. The van der Waals surface area contributed by atoms with Gasteiger partial charge in [0.1, 0.15) is 0 Å². The Labute approximate surface area is 145 Å². The third kappa shape index (κ3) is 3.06. The van der Waals surface area contributed by atoms with Gasteiger partial charge in [-0.3, -0.25) is 5.21 Å². The zero-order valence-corrected chi connectivity index (χ0v) is 14.6. The fourth-order valence-electron chi connectivity index (χ4n) is 5.24. The summed E-state index contributed by atoms with van der Waals surface area (Å²) in [5, 5.41) is 10.7. The van der Waals surface area contributed by atoms with Gasteiger partial charge in [-0.2, -0.15) is 0 Å². The molecule has 3 heteroatoms. The van der Waals surface area contributed by atoms with Gasteiger partial charge in [-0.1, -0.05) is 36.4 Å². The normalized spacial score (nSPS) is 30.9. The predicted octanol–water partition coefficient (Wildman–Crippen LogP) is 1.31. The van der Waals surface area contributed by atoms with E-state index >= 15 is 0 Å². The largest absolute Gasteiger partial charge is 1.00 e. The van der Waals surface area contributed by atoms with Crippen molar-refractivity contribution in [2.45, 2.75) is 39.0 Å². The summed E-state index contributed by atoms with van der Waals surface area (Å²) in [6.45, 7) is 6.83. The number of hydroxylamine groups is 1. The maximum atomic E-state index is 10.7. The molecule has 0 aliphatic heterocycles. The highest BCUT2D eigenvalue weighted by atomic mass is 35.5. The van der Waals surface area contributed by atoms with E-state index in [0.29, 0.717) is 18.4 Å². The van der Waals surface area contributed by atoms with Crippen LogP contribution in [0.25, 0.3) is 5.57 Å². The molecule has 0 unspecified atom stereocenters. The van der Waals surface area contributed by atoms with Gasteiger partial charge >= 0.3 is 0 Å². The number of halogens is 1. The Morgan fingerprint density at radius 3 is 2.09 bits per heavy atom. The molecule has 0 atom stereocenters. The first-order valence-electron chi connectivity index (χ1n) is 8.68. The van der Waals surface area contributed by atoms with Gasteiger partial charge in [0.25, 0.3) is 0 Å². The maximum Gasteiger partial charge on any atom is 0.217 e. The van der Waals surface area contributed by atoms with Gasteiger partial charge < -0.3 is 12.4 Å². The molecule has 4 aliphatic carbocycles. The Morgan fingerprint density at radius 2 is 1.57 bits per heavy atom. The summed E-state index contributed by atoms with van der Waals surface area (Å²) in [4.78, 5) is 0.